The molecule has 6 heteroatoms. The van der Waals surface area contributed by atoms with Crippen molar-refractivity contribution in [1.82, 2.24) is 19.8 Å². The van der Waals surface area contributed by atoms with Crippen molar-refractivity contribution in [1.29, 1.82) is 0 Å². The molecule has 0 N–H and O–H groups in total. The summed E-state index contributed by atoms with van der Waals surface area (Å²) in [4.78, 5) is 2.33. The van der Waals surface area contributed by atoms with Crippen molar-refractivity contribution >= 4 is 22.8 Å². The molecule has 0 saturated heterocycles. The van der Waals surface area contributed by atoms with Gasteiger partial charge < -0.3 is 4.90 Å². The van der Waals surface area contributed by atoms with Gasteiger partial charge in [0.1, 0.15) is 5.82 Å². The van der Waals surface area contributed by atoms with Crippen LogP contribution in [0.25, 0.3) is 17.0 Å². The molecule has 0 fully saturated rings. The van der Waals surface area contributed by atoms with Gasteiger partial charge in [0, 0.05) is 24.0 Å². The number of nitrogens with zero attached hydrogens (tertiary/aromatic N) is 5. The lowest BCUT2D eigenvalue weighted by molar-refractivity contribution is 0.707. The van der Waals surface area contributed by atoms with E-state index in [1.54, 1.807) is 11.3 Å². The van der Waals surface area contributed by atoms with Crippen LogP contribution in [0.15, 0.2) is 47.2 Å². The fourth-order valence-corrected chi connectivity index (χ4v) is 4.03. The summed E-state index contributed by atoms with van der Waals surface area (Å²) < 4.78 is 1.85. The van der Waals surface area contributed by atoms with Gasteiger partial charge >= 0.3 is 0 Å². The zero-order chi connectivity index (χ0) is 16.8. The number of hydrogen-bond acceptors (Lipinski definition) is 5. The third-order valence-corrected chi connectivity index (χ3v) is 5.41. The van der Waals surface area contributed by atoms with Crippen LogP contribution in [-0.4, -0.2) is 26.4 Å². The number of benzene rings is 1. The molecule has 4 heterocycles. The smallest absolute Gasteiger partial charge is 0.186 e. The minimum atomic E-state index is 0.776. The number of thiophene rings is 1. The lowest BCUT2D eigenvalue weighted by atomic mass is 9.98. The van der Waals surface area contributed by atoms with Gasteiger partial charge in [-0.3, -0.25) is 0 Å². The second kappa shape index (κ2) is 5.67. The summed E-state index contributed by atoms with van der Waals surface area (Å²) in [5.74, 6) is 1.76. The van der Waals surface area contributed by atoms with Crippen molar-refractivity contribution in [3.8, 4) is 11.4 Å². The van der Waals surface area contributed by atoms with E-state index in [0.717, 1.165) is 42.4 Å². The van der Waals surface area contributed by atoms with Gasteiger partial charge in [-0.1, -0.05) is 23.8 Å². The summed E-state index contributed by atoms with van der Waals surface area (Å²) in [6, 6.07) is 12.8. The van der Waals surface area contributed by atoms with Crippen molar-refractivity contribution in [2.45, 2.75) is 19.9 Å². The molecule has 5 rings (SSSR count). The van der Waals surface area contributed by atoms with Crippen LogP contribution in [-0.2, 0) is 13.0 Å². The zero-order valence-corrected chi connectivity index (χ0v) is 14.7. The first kappa shape index (κ1) is 14.6. The average Bonchev–Trinajstić information content (AvgIpc) is 3.30. The van der Waals surface area contributed by atoms with Gasteiger partial charge in [0.15, 0.2) is 11.5 Å². The summed E-state index contributed by atoms with van der Waals surface area (Å²) in [5, 5.41) is 17.5. The molecule has 1 aliphatic rings. The van der Waals surface area contributed by atoms with E-state index < -0.39 is 0 Å². The highest BCUT2D eigenvalue weighted by Gasteiger charge is 2.19. The molecule has 4 aromatic rings. The summed E-state index contributed by atoms with van der Waals surface area (Å²) in [7, 11) is 0. The molecule has 0 atom stereocenters. The number of hydrogen-bond donors (Lipinski definition) is 0. The van der Waals surface area contributed by atoms with E-state index in [9.17, 15) is 0 Å². The first-order valence-electron chi connectivity index (χ1n) is 8.36. The Labute approximate surface area is 149 Å². The predicted octanol–water partition coefficient (Wildman–Crippen LogP) is 3.72. The monoisotopic (exact) mass is 347 g/mol. The maximum absolute atomic E-state index is 4.83. The van der Waals surface area contributed by atoms with Gasteiger partial charge in [0.05, 0.1) is 0 Å². The first-order valence-corrected chi connectivity index (χ1v) is 9.30. The molecule has 0 aliphatic carbocycles. The standard InChI is InChI=1S/C19H17N5S/c1-13-2-3-15-11-23(8-6-14(15)10-13)18-5-4-17-20-21-19(24(17)22-18)16-7-9-25-12-16/h2-5,7,9-10,12H,6,8,11H2,1H3. The molecular formula is C19H17N5S. The lowest BCUT2D eigenvalue weighted by Crippen LogP contribution is -2.31. The quantitative estimate of drug-likeness (QED) is 0.554. The largest absolute Gasteiger partial charge is 0.351 e. The topological polar surface area (TPSA) is 46.3 Å². The number of aryl methyl sites for hydroxylation is 1. The molecule has 0 radical (unpaired) electrons. The van der Waals surface area contributed by atoms with Gasteiger partial charge in [0.25, 0.3) is 0 Å². The first-order chi connectivity index (χ1) is 12.3. The van der Waals surface area contributed by atoms with Crippen molar-refractivity contribution in [2.75, 3.05) is 11.4 Å². The number of aromatic nitrogens is 4. The maximum atomic E-state index is 4.83. The number of rotatable bonds is 2. The fourth-order valence-electron chi connectivity index (χ4n) is 3.40. The lowest BCUT2D eigenvalue weighted by Gasteiger charge is -2.29. The van der Waals surface area contributed by atoms with E-state index in [2.05, 4.69) is 51.7 Å². The van der Waals surface area contributed by atoms with E-state index in [1.807, 2.05) is 22.0 Å². The van der Waals surface area contributed by atoms with Crippen molar-refractivity contribution < 1.29 is 0 Å². The SMILES string of the molecule is Cc1ccc2c(c1)CCN(c1ccc3nnc(-c4ccsc4)n3n1)C2. The van der Waals surface area contributed by atoms with Crippen molar-refractivity contribution in [2.24, 2.45) is 0 Å². The Morgan fingerprint density at radius 2 is 2.00 bits per heavy atom. The number of anilines is 1. The van der Waals surface area contributed by atoms with Crippen LogP contribution in [0.3, 0.4) is 0 Å². The Kier molecular flexibility index (Phi) is 3.31. The van der Waals surface area contributed by atoms with Crippen molar-refractivity contribution in [3.63, 3.8) is 0 Å². The second-order valence-corrected chi connectivity index (χ2v) is 7.22. The highest BCUT2D eigenvalue weighted by Crippen LogP contribution is 2.26. The molecule has 0 unspecified atom stereocenters. The van der Waals surface area contributed by atoms with Crippen LogP contribution in [0.4, 0.5) is 5.82 Å². The second-order valence-electron chi connectivity index (χ2n) is 6.44. The van der Waals surface area contributed by atoms with E-state index in [-0.39, 0.29) is 0 Å². The minimum Gasteiger partial charge on any atom is -0.351 e. The summed E-state index contributed by atoms with van der Waals surface area (Å²) >= 11 is 1.65. The maximum Gasteiger partial charge on any atom is 0.186 e. The molecule has 1 aromatic carbocycles. The third-order valence-electron chi connectivity index (χ3n) is 4.73. The van der Waals surface area contributed by atoms with Crippen LogP contribution < -0.4 is 4.90 Å². The molecule has 0 spiro atoms. The third kappa shape index (κ3) is 2.49. The summed E-state index contributed by atoms with van der Waals surface area (Å²) in [6.45, 7) is 4.02. The molecule has 25 heavy (non-hydrogen) atoms. The van der Waals surface area contributed by atoms with E-state index >= 15 is 0 Å². The molecule has 5 nitrogen and oxygen atoms in total. The molecule has 3 aromatic heterocycles. The molecular weight excluding hydrogens is 330 g/mol. The Bertz CT molecular complexity index is 1050. The van der Waals surface area contributed by atoms with Gasteiger partial charge in [-0.15, -0.1) is 15.3 Å². The van der Waals surface area contributed by atoms with Gasteiger partial charge in [-0.05, 0) is 48.1 Å². The van der Waals surface area contributed by atoms with Crippen LogP contribution in [0.2, 0.25) is 0 Å². The molecule has 1 aliphatic heterocycles. The van der Waals surface area contributed by atoms with Gasteiger partial charge in [0.2, 0.25) is 0 Å². The molecule has 0 bridgehead atoms. The highest BCUT2D eigenvalue weighted by molar-refractivity contribution is 7.08. The zero-order valence-electron chi connectivity index (χ0n) is 13.9. The van der Waals surface area contributed by atoms with E-state index in [0.29, 0.717) is 0 Å². The highest BCUT2D eigenvalue weighted by atomic mass is 32.1. The summed E-state index contributed by atoms with van der Waals surface area (Å²) in [5.41, 5.74) is 6.01. The fraction of sp³-hybridized carbons (Fsp3) is 0.211. The van der Waals surface area contributed by atoms with Gasteiger partial charge in [-0.2, -0.15) is 15.9 Å². The Morgan fingerprint density at radius 1 is 1.04 bits per heavy atom. The molecule has 0 amide bonds. The summed E-state index contributed by atoms with van der Waals surface area (Å²) in [6.07, 6.45) is 1.05. The average molecular weight is 347 g/mol. The Hall–Kier alpha value is -2.73. The van der Waals surface area contributed by atoms with Gasteiger partial charge in [-0.25, -0.2) is 0 Å². The van der Waals surface area contributed by atoms with E-state index in [4.69, 9.17) is 5.10 Å². The normalized spacial score (nSPS) is 14.0. The van der Waals surface area contributed by atoms with Crippen LogP contribution in [0, 0.1) is 6.92 Å². The van der Waals surface area contributed by atoms with Crippen LogP contribution in [0.1, 0.15) is 16.7 Å². The molecule has 0 saturated carbocycles. The Balaban J connectivity index is 1.53. The minimum absolute atomic E-state index is 0.776. The Morgan fingerprint density at radius 3 is 2.88 bits per heavy atom. The van der Waals surface area contributed by atoms with Crippen LogP contribution >= 0.6 is 11.3 Å². The number of fused-ring (bicyclic) bond motifs is 2. The van der Waals surface area contributed by atoms with Crippen LogP contribution in [0.5, 0.6) is 0 Å². The van der Waals surface area contributed by atoms with E-state index in [1.165, 1.54) is 16.7 Å². The predicted molar refractivity (Wildman–Crippen MR) is 100 cm³/mol. The molecule has 124 valence electrons. The van der Waals surface area contributed by atoms with Crippen molar-refractivity contribution in [3.05, 3.63) is 63.8 Å².